The molecule has 0 aliphatic carbocycles. The number of nitrogens with zero attached hydrogens (tertiary/aromatic N) is 1. The van der Waals surface area contributed by atoms with Crippen LogP contribution in [0.2, 0.25) is 5.02 Å². The van der Waals surface area contributed by atoms with Crippen LogP contribution in [0, 0.1) is 0 Å². The molecule has 2 heterocycles. The van der Waals surface area contributed by atoms with Crippen molar-refractivity contribution in [3.05, 3.63) is 74.4 Å². The molecule has 0 fully saturated rings. The molecule has 0 aliphatic heterocycles. The van der Waals surface area contributed by atoms with Gasteiger partial charge in [0.1, 0.15) is 16.2 Å². The van der Waals surface area contributed by atoms with Crippen molar-refractivity contribution < 1.29 is 22.5 Å². The molecule has 2 aromatic carbocycles. The van der Waals surface area contributed by atoms with Gasteiger partial charge in [-0.1, -0.05) is 23.7 Å². The second-order valence-electron chi connectivity index (χ2n) is 6.71. The highest BCUT2D eigenvalue weighted by Gasteiger charge is 2.22. The molecule has 0 aliphatic rings. The van der Waals surface area contributed by atoms with E-state index in [4.69, 9.17) is 16.0 Å². The Morgan fingerprint density at radius 1 is 1.16 bits per heavy atom. The van der Waals surface area contributed by atoms with E-state index in [2.05, 4.69) is 22.4 Å². The Labute approximate surface area is 196 Å². The van der Waals surface area contributed by atoms with E-state index >= 15 is 0 Å². The van der Waals surface area contributed by atoms with Gasteiger partial charge in [-0.25, -0.2) is 4.79 Å². The lowest BCUT2D eigenvalue weighted by molar-refractivity contribution is 0.473. The molecule has 11 heteroatoms. The van der Waals surface area contributed by atoms with Gasteiger partial charge in [-0.3, -0.25) is 4.55 Å². The summed E-state index contributed by atoms with van der Waals surface area (Å²) in [4.78, 5) is 16.8. The van der Waals surface area contributed by atoms with Crippen molar-refractivity contribution in [1.29, 1.82) is 0 Å². The van der Waals surface area contributed by atoms with Crippen molar-refractivity contribution >= 4 is 67.1 Å². The Hall–Kier alpha value is -2.85. The van der Waals surface area contributed by atoms with Crippen molar-refractivity contribution in [3.8, 4) is 16.2 Å². The van der Waals surface area contributed by atoms with Gasteiger partial charge in [-0.2, -0.15) is 13.4 Å². The number of halogens is 1. The van der Waals surface area contributed by atoms with Gasteiger partial charge >= 0.3 is 5.63 Å². The molecule has 2 N–H and O–H groups in total. The maximum atomic E-state index is 12.5. The predicted octanol–water partition coefficient (Wildman–Crippen LogP) is 5.45. The summed E-state index contributed by atoms with van der Waals surface area (Å²) in [5, 5.41) is 12.5. The molecule has 162 valence electrons. The molecule has 0 radical (unpaired) electrons. The number of hydrogen-bond acceptors (Lipinski definition) is 8. The van der Waals surface area contributed by atoms with Crippen LogP contribution in [0.3, 0.4) is 0 Å². The van der Waals surface area contributed by atoms with Crippen molar-refractivity contribution in [1.82, 2.24) is 0 Å². The Bertz CT molecular complexity index is 1570. The molecular formula is C21H12ClNO6S3. The van der Waals surface area contributed by atoms with E-state index in [1.165, 1.54) is 24.3 Å². The van der Waals surface area contributed by atoms with Crippen LogP contribution in [0.25, 0.3) is 21.4 Å². The molecule has 0 atom stereocenters. The minimum Gasteiger partial charge on any atom is -0.506 e. The summed E-state index contributed by atoms with van der Waals surface area (Å²) in [5.41, 5.74) is 0.873. The van der Waals surface area contributed by atoms with Crippen LogP contribution in [0.1, 0.15) is 10.4 Å². The standard InChI is InChI=1S/C21H12ClNO6S3/c22-15-7-12-6-14(21(25)29-17(12)8-16(15)24)18-9-20(32(26,27)28)19(31-18)5-11-1-3-13(4-2-11)23-10-30/h1-4,6-9,24H,5H2,(H,26,27,28). The largest absolute Gasteiger partial charge is 0.506 e. The molecule has 0 amide bonds. The number of thiophene rings is 1. The van der Waals surface area contributed by atoms with E-state index in [-0.39, 0.29) is 33.2 Å². The van der Waals surface area contributed by atoms with E-state index in [0.717, 1.165) is 16.9 Å². The Morgan fingerprint density at radius 3 is 2.53 bits per heavy atom. The quantitative estimate of drug-likeness (QED) is 0.160. The molecule has 32 heavy (non-hydrogen) atoms. The fourth-order valence-corrected chi connectivity index (χ4v) is 5.63. The minimum absolute atomic E-state index is 0.0733. The maximum absolute atomic E-state index is 12.5. The summed E-state index contributed by atoms with van der Waals surface area (Å²) >= 11 is 11.6. The van der Waals surface area contributed by atoms with Gasteiger partial charge in [0.15, 0.2) is 0 Å². The van der Waals surface area contributed by atoms with Crippen LogP contribution in [0.5, 0.6) is 5.75 Å². The highest BCUT2D eigenvalue weighted by atomic mass is 35.5. The average Bonchev–Trinajstić information content (AvgIpc) is 3.15. The molecular weight excluding hydrogens is 494 g/mol. The van der Waals surface area contributed by atoms with Crippen molar-refractivity contribution in [2.75, 3.05) is 0 Å². The second kappa shape index (κ2) is 8.59. The van der Waals surface area contributed by atoms with Gasteiger partial charge in [0.05, 0.1) is 21.4 Å². The first-order valence-electron chi connectivity index (χ1n) is 8.89. The first-order valence-corrected chi connectivity index (χ1v) is 11.9. The zero-order chi connectivity index (χ0) is 23.0. The molecule has 0 bridgehead atoms. The Morgan fingerprint density at radius 2 is 1.88 bits per heavy atom. The molecule has 4 rings (SSSR count). The maximum Gasteiger partial charge on any atom is 0.345 e. The van der Waals surface area contributed by atoms with Gasteiger partial charge in [-0.05, 0) is 48.1 Å². The number of aliphatic imine (C=N–C) groups is 1. The van der Waals surface area contributed by atoms with Crippen LogP contribution in [0.15, 0.2) is 67.6 Å². The first-order chi connectivity index (χ1) is 15.2. The highest BCUT2D eigenvalue weighted by Crippen LogP contribution is 2.36. The summed E-state index contributed by atoms with van der Waals surface area (Å²) in [6.45, 7) is 0. The number of isothiocyanates is 1. The highest BCUT2D eigenvalue weighted by molar-refractivity contribution is 7.86. The van der Waals surface area contributed by atoms with Crippen LogP contribution in [-0.4, -0.2) is 23.2 Å². The van der Waals surface area contributed by atoms with E-state index in [1.54, 1.807) is 24.3 Å². The number of thiocarbonyl (C=S) groups is 1. The fraction of sp³-hybridized carbons (Fsp3) is 0.0476. The molecule has 0 unspecified atom stereocenters. The van der Waals surface area contributed by atoms with Crippen LogP contribution in [-0.2, 0) is 16.5 Å². The summed E-state index contributed by atoms with van der Waals surface area (Å²) in [6, 6.07) is 12.3. The third kappa shape index (κ3) is 4.51. The SMILES string of the molecule is O=c1oc2cc(O)c(Cl)cc2cc1-c1cc(S(=O)(=O)O)c(Cc2ccc(N=C=S)cc2)s1. The van der Waals surface area contributed by atoms with Gasteiger partial charge < -0.3 is 9.52 Å². The smallest absolute Gasteiger partial charge is 0.345 e. The predicted molar refractivity (Wildman–Crippen MR) is 126 cm³/mol. The number of phenols is 1. The van der Waals surface area contributed by atoms with E-state index in [0.29, 0.717) is 20.8 Å². The lowest BCUT2D eigenvalue weighted by Gasteiger charge is -2.03. The van der Waals surface area contributed by atoms with Gasteiger partial charge in [0.25, 0.3) is 10.1 Å². The second-order valence-corrected chi connectivity index (χ2v) is 9.82. The number of aromatic hydroxyl groups is 1. The molecule has 0 saturated carbocycles. The number of phenolic OH excluding ortho intramolecular Hbond substituents is 1. The normalized spacial score (nSPS) is 11.4. The van der Waals surface area contributed by atoms with Crippen LogP contribution >= 0.6 is 35.2 Å². The van der Waals surface area contributed by atoms with Gasteiger partial charge in [-0.15, -0.1) is 11.3 Å². The fourth-order valence-electron chi connectivity index (χ4n) is 3.11. The molecule has 0 saturated heterocycles. The Balaban J connectivity index is 1.82. The molecule has 7 nitrogen and oxygen atoms in total. The van der Waals surface area contributed by atoms with Crippen LogP contribution in [0.4, 0.5) is 5.69 Å². The van der Waals surface area contributed by atoms with E-state index in [9.17, 15) is 22.9 Å². The third-order valence-corrected chi connectivity index (χ3v) is 7.20. The first kappa shape index (κ1) is 22.3. The van der Waals surface area contributed by atoms with Crippen molar-refractivity contribution in [2.45, 2.75) is 11.3 Å². The molecule has 0 spiro atoms. The Kier molecular flexibility index (Phi) is 6.00. The average molecular weight is 506 g/mol. The van der Waals surface area contributed by atoms with E-state index < -0.39 is 15.7 Å². The number of hydrogen-bond donors (Lipinski definition) is 2. The van der Waals surface area contributed by atoms with Crippen molar-refractivity contribution in [3.63, 3.8) is 0 Å². The minimum atomic E-state index is -4.54. The van der Waals surface area contributed by atoms with Gasteiger partial charge in [0.2, 0.25) is 0 Å². The third-order valence-electron chi connectivity index (χ3n) is 4.59. The zero-order valence-corrected chi connectivity index (χ0v) is 19.1. The number of benzene rings is 2. The summed E-state index contributed by atoms with van der Waals surface area (Å²) in [7, 11) is -4.54. The number of rotatable bonds is 5. The molecule has 2 aromatic heterocycles. The summed E-state index contributed by atoms with van der Waals surface area (Å²) < 4.78 is 39.0. The lowest BCUT2D eigenvalue weighted by Crippen LogP contribution is -2.02. The summed E-state index contributed by atoms with van der Waals surface area (Å²) in [5.74, 6) is -0.232. The van der Waals surface area contributed by atoms with Gasteiger partial charge in [0, 0.05) is 27.6 Å². The van der Waals surface area contributed by atoms with Crippen LogP contribution < -0.4 is 5.63 Å². The lowest BCUT2D eigenvalue weighted by atomic mass is 10.1. The molecule has 4 aromatic rings. The van der Waals surface area contributed by atoms with Crippen molar-refractivity contribution in [2.24, 2.45) is 4.99 Å². The monoisotopic (exact) mass is 505 g/mol. The number of fused-ring (bicyclic) bond motifs is 1. The topological polar surface area (TPSA) is 117 Å². The zero-order valence-electron chi connectivity index (χ0n) is 15.9. The van der Waals surface area contributed by atoms with E-state index in [1.807, 2.05) is 0 Å². The summed E-state index contributed by atoms with van der Waals surface area (Å²) in [6.07, 6.45) is 0.194.